The number of carbonyl (C=O) groups is 1. The van der Waals surface area contributed by atoms with Crippen molar-refractivity contribution in [2.75, 3.05) is 5.32 Å². The van der Waals surface area contributed by atoms with Gasteiger partial charge >= 0.3 is 0 Å². The summed E-state index contributed by atoms with van der Waals surface area (Å²) in [6.07, 6.45) is -0.0451. The molecule has 0 aromatic heterocycles. The van der Waals surface area contributed by atoms with Gasteiger partial charge in [0.25, 0.3) is 0 Å². The van der Waals surface area contributed by atoms with Gasteiger partial charge in [-0.05, 0) is 45.8 Å². The highest BCUT2D eigenvalue weighted by molar-refractivity contribution is 9.10. The van der Waals surface area contributed by atoms with Crippen LogP contribution in [0.15, 0.2) is 46.9 Å². The Morgan fingerprint density at radius 1 is 1.26 bits per heavy atom. The van der Waals surface area contributed by atoms with Gasteiger partial charge in [-0.25, -0.2) is 4.39 Å². The van der Waals surface area contributed by atoms with E-state index in [9.17, 15) is 9.18 Å². The van der Waals surface area contributed by atoms with Gasteiger partial charge in [-0.1, -0.05) is 29.8 Å². The normalized spacial score (nSPS) is 10.3. The highest BCUT2D eigenvalue weighted by Crippen LogP contribution is 2.26. The molecule has 0 unspecified atom stereocenters. The first-order valence-electron chi connectivity index (χ1n) is 5.54. The Morgan fingerprint density at radius 3 is 2.63 bits per heavy atom. The van der Waals surface area contributed by atoms with Crippen LogP contribution in [0.3, 0.4) is 0 Å². The largest absolute Gasteiger partial charge is 0.326 e. The SMILES string of the molecule is O=C(Cc1cc(Br)c(Cl)cc1F)Nc1ccccc1. The molecule has 1 N–H and O–H groups in total. The van der Waals surface area contributed by atoms with Gasteiger partial charge in [-0.2, -0.15) is 0 Å². The summed E-state index contributed by atoms with van der Waals surface area (Å²) in [5.41, 5.74) is 0.977. The highest BCUT2D eigenvalue weighted by atomic mass is 79.9. The molecule has 2 aromatic rings. The van der Waals surface area contributed by atoms with E-state index in [2.05, 4.69) is 21.2 Å². The van der Waals surface area contributed by atoms with E-state index >= 15 is 0 Å². The standard InChI is InChI=1S/C14H10BrClFNO/c15-11-6-9(13(17)8-12(11)16)7-14(19)18-10-4-2-1-3-5-10/h1-6,8H,7H2,(H,18,19). The van der Waals surface area contributed by atoms with Gasteiger partial charge in [0.15, 0.2) is 0 Å². The molecule has 2 aromatic carbocycles. The number of carbonyl (C=O) groups excluding carboxylic acids is 1. The van der Waals surface area contributed by atoms with Crippen molar-refractivity contribution in [3.8, 4) is 0 Å². The molecule has 0 bridgehead atoms. The fourth-order valence-electron chi connectivity index (χ4n) is 1.60. The molecule has 0 spiro atoms. The van der Waals surface area contributed by atoms with Crippen LogP contribution in [-0.2, 0) is 11.2 Å². The van der Waals surface area contributed by atoms with E-state index in [0.717, 1.165) is 0 Å². The van der Waals surface area contributed by atoms with Crippen molar-refractivity contribution in [2.45, 2.75) is 6.42 Å². The highest BCUT2D eigenvalue weighted by Gasteiger charge is 2.11. The number of benzene rings is 2. The van der Waals surface area contributed by atoms with Crippen molar-refractivity contribution >= 4 is 39.1 Å². The Kier molecular flexibility index (Phi) is 4.56. The van der Waals surface area contributed by atoms with Gasteiger partial charge < -0.3 is 5.32 Å². The molecule has 0 radical (unpaired) electrons. The molecule has 2 rings (SSSR count). The predicted molar refractivity (Wildman–Crippen MR) is 77.9 cm³/mol. The van der Waals surface area contributed by atoms with Crippen molar-refractivity contribution in [3.63, 3.8) is 0 Å². The van der Waals surface area contributed by atoms with Crippen molar-refractivity contribution in [2.24, 2.45) is 0 Å². The van der Waals surface area contributed by atoms with E-state index < -0.39 is 5.82 Å². The summed E-state index contributed by atoms with van der Waals surface area (Å²) in [4.78, 5) is 11.8. The summed E-state index contributed by atoms with van der Waals surface area (Å²) >= 11 is 8.97. The zero-order valence-electron chi connectivity index (χ0n) is 9.79. The second kappa shape index (κ2) is 6.17. The summed E-state index contributed by atoms with van der Waals surface area (Å²) < 4.78 is 14.2. The number of rotatable bonds is 3. The van der Waals surface area contributed by atoms with Crippen molar-refractivity contribution < 1.29 is 9.18 Å². The minimum Gasteiger partial charge on any atom is -0.326 e. The maximum Gasteiger partial charge on any atom is 0.228 e. The fraction of sp³-hybridized carbons (Fsp3) is 0.0714. The summed E-state index contributed by atoms with van der Waals surface area (Å²) in [5, 5.41) is 2.98. The molecular formula is C14H10BrClFNO. The zero-order valence-corrected chi connectivity index (χ0v) is 12.1. The molecule has 0 aliphatic heterocycles. The maximum atomic E-state index is 13.6. The molecule has 0 heterocycles. The first-order chi connectivity index (χ1) is 9.06. The number of para-hydroxylation sites is 1. The summed E-state index contributed by atoms with van der Waals surface area (Å²) in [7, 11) is 0. The Hall–Kier alpha value is -1.39. The lowest BCUT2D eigenvalue weighted by atomic mass is 10.1. The van der Waals surface area contributed by atoms with E-state index in [-0.39, 0.29) is 17.4 Å². The van der Waals surface area contributed by atoms with Crippen LogP contribution in [0.5, 0.6) is 0 Å². The smallest absolute Gasteiger partial charge is 0.228 e. The average molecular weight is 343 g/mol. The van der Waals surface area contributed by atoms with Crippen LogP contribution in [0.25, 0.3) is 0 Å². The van der Waals surface area contributed by atoms with Crippen LogP contribution in [0.1, 0.15) is 5.56 Å². The van der Waals surface area contributed by atoms with Gasteiger partial charge in [0.2, 0.25) is 5.91 Å². The van der Waals surface area contributed by atoms with Gasteiger partial charge in [-0.15, -0.1) is 0 Å². The Morgan fingerprint density at radius 2 is 1.95 bits per heavy atom. The molecule has 0 saturated carbocycles. The van der Waals surface area contributed by atoms with Crippen molar-refractivity contribution in [1.29, 1.82) is 0 Å². The monoisotopic (exact) mass is 341 g/mol. The lowest BCUT2D eigenvalue weighted by Gasteiger charge is -2.07. The number of nitrogens with one attached hydrogen (secondary N) is 1. The quantitative estimate of drug-likeness (QED) is 0.822. The summed E-state index contributed by atoms with van der Waals surface area (Å²) in [5.74, 6) is -0.768. The second-order valence-corrected chi connectivity index (χ2v) is 5.21. The van der Waals surface area contributed by atoms with Crippen molar-refractivity contribution in [3.05, 3.63) is 63.3 Å². The molecule has 0 atom stereocenters. The minimum atomic E-state index is -0.489. The molecule has 0 aliphatic rings. The minimum absolute atomic E-state index is 0.0451. The van der Waals surface area contributed by atoms with E-state index in [1.54, 1.807) is 12.1 Å². The first kappa shape index (κ1) is 14.0. The van der Waals surface area contributed by atoms with E-state index in [1.807, 2.05) is 18.2 Å². The van der Waals surface area contributed by atoms with Crippen LogP contribution in [0.4, 0.5) is 10.1 Å². The molecule has 0 fully saturated rings. The number of hydrogen-bond acceptors (Lipinski definition) is 1. The molecule has 98 valence electrons. The molecule has 19 heavy (non-hydrogen) atoms. The fourth-order valence-corrected chi connectivity index (χ4v) is 2.14. The average Bonchev–Trinajstić information content (AvgIpc) is 2.37. The summed E-state index contributed by atoms with van der Waals surface area (Å²) in [6.45, 7) is 0. The third kappa shape index (κ3) is 3.78. The second-order valence-electron chi connectivity index (χ2n) is 3.95. The third-order valence-electron chi connectivity index (χ3n) is 2.50. The van der Waals surface area contributed by atoms with Gasteiger partial charge in [-0.3, -0.25) is 4.79 Å². The van der Waals surface area contributed by atoms with Crippen molar-refractivity contribution in [1.82, 2.24) is 0 Å². The first-order valence-corrected chi connectivity index (χ1v) is 6.71. The molecule has 1 amide bonds. The molecule has 0 saturated heterocycles. The van der Waals surface area contributed by atoms with Gasteiger partial charge in [0.1, 0.15) is 5.82 Å². The molecule has 2 nitrogen and oxygen atoms in total. The van der Waals surface area contributed by atoms with Crippen LogP contribution in [0.2, 0.25) is 5.02 Å². The Bertz CT molecular complexity index is 604. The Balaban J connectivity index is 2.09. The van der Waals surface area contributed by atoms with E-state index in [1.165, 1.54) is 12.1 Å². The van der Waals surface area contributed by atoms with Crippen LogP contribution in [0, 0.1) is 5.82 Å². The van der Waals surface area contributed by atoms with Gasteiger partial charge in [0, 0.05) is 10.2 Å². The molecular weight excluding hydrogens is 333 g/mol. The molecule has 5 heteroatoms. The van der Waals surface area contributed by atoms with E-state index in [0.29, 0.717) is 15.7 Å². The number of anilines is 1. The maximum absolute atomic E-state index is 13.6. The Labute approximate surface area is 123 Å². The summed E-state index contributed by atoms with van der Waals surface area (Å²) in [6, 6.07) is 11.7. The number of halogens is 3. The molecule has 0 aliphatic carbocycles. The van der Waals surface area contributed by atoms with Crippen LogP contribution < -0.4 is 5.32 Å². The number of hydrogen-bond donors (Lipinski definition) is 1. The van der Waals surface area contributed by atoms with Crippen LogP contribution >= 0.6 is 27.5 Å². The van der Waals surface area contributed by atoms with E-state index in [4.69, 9.17) is 11.6 Å². The third-order valence-corrected chi connectivity index (χ3v) is 3.69. The topological polar surface area (TPSA) is 29.1 Å². The lowest BCUT2D eigenvalue weighted by Crippen LogP contribution is -2.15. The van der Waals surface area contributed by atoms with Gasteiger partial charge in [0.05, 0.1) is 11.4 Å². The zero-order chi connectivity index (χ0) is 13.8. The van der Waals surface area contributed by atoms with Crippen LogP contribution in [-0.4, -0.2) is 5.91 Å². The number of amides is 1. The lowest BCUT2D eigenvalue weighted by molar-refractivity contribution is -0.115. The predicted octanol–water partition coefficient (Wildman–Crippen LogP) is 4.42.